The van der Waals surface area contributed by atoms with Gasteiger partial charge >= 0.3 is 5.97 Å². The van der Waals surface area contributed by atoms with E-state index in [2.05, 4.69) is 5.32 Å². The van der Waals surface area contributed by atoms with Crippen molar-refractivity contribution in [3.63, 3.8) is 0 Å². The lowest BCUT2D eigenvalue weighted by Gasteiger charge is -2.31. The fraction of sp³-hybridized carbons (Fsp3) is 0.500. The minimum Gasteiger partial charge on any atom is -0.464 e. The zero-order chi connectivity index (χ0) is 14.6. The number of carbonyl (C=O) groups excluding carboxylic acids is 1. The quantitative estimate of drug-likeness (QED) is 0.837. The van der Waals surface area contributed by atoms with Crippen molar-refractivity contribution in [2.24, 2.45) is 0 Å². The van der Waals surface area contributed by atoms with E-state index in [4.69, 9.17) is 4.74 Å². The molecule has 0 fully saturated rings. The van der Waals surface area contributed by atoms with Crippen LogP contribution in [0.25, 0.3) is 0 Å². The van der Waals surface area contributed by atoms with Gasteiger partial charge in [0.2, 0.25) is 0 Å². The van der Waals surface area contributed by atoms with Crippen LogP contribution in [-0.4, -0.2) is 18.6 Å². The third kappa shape index (κ3) is 3.50. The van der Waals surface area contributed by atoms with Crippen LogP contribution in [0.15, 0.2) is 18.2 Å². The van der Waals surface area contributed by atoms with E-state index in [0.29, 0.717) is 0 Å². The maximum Gasteiger partial charge on any atom is 0.330 e. The van der Waals surface area contributed by atoms with Gasteiger partial charge in [0.1, 0.15) is 17.2 Å². The van der Waals surface area contributed by atoms with E-state index in [1.54, 1.807) is 6.92 Å². The molecule has 1 atom stereocenters. The summed E-state index contributed by atoms with van der Waals surface area (Å²) in [6.07, 6.45) is 0. The molecule has 5 heteroatoms. The van der Waals surface area contributed by atoms with E-state index >= 15 is 0 Å². The molecule has 0 spiro atoms. The van der Waals surface area contributed by atoms with Gasteiger partial charge in [-0.15, -0.1) is 0 Å². The predicted molar refractivity (Wildman–Crippen MR) is 68.6 cm³/mol. The molecule has 0 aliphatic heterocycles. The van der Waals surface area contributed by atoms with Gasteiger partial charge in [-0.2, -0.15) is 0 Å². The van der Waals surface area contributed by atoms with E-state index in [1.807, 2.05) is 13.8 Å². The van der Waals surface area contributed by atoms with Gasteiger partial charge in [-0.1, -0.05) is 6.07 Å². The van der Waals surface area contributed by atoms with Gasteiger partial charge in [-0.25, -0.2) is 13.6 Å². The molecule has 19 heavy (non-hydrogen) atoms. The Balaban J connectivity index is 3.26. The third-order valence-corrected chi connectivity index (χ3v) is 2.73. The summed E-state index contributed by atoms with van der Waals surface area (Å²) in [5.41, 5.74) is -1.27. The highest BCUT2D eigenvalue weighted by Gasteiger charge is 2.39. The molecule has 0 heterocycles. The summed E-state index contributed by atoms with van der Waals surface area (Å²) in [6.45, 7) is 7.06. The van der Waals surface area contributed by atoms with E-state index in [9.17, 15) is 13.6 Å². The minimum absolute atomic E-state index is 0.0704. The molecular formula is C14H19F2NO2. The maximum atomic E-state index is 13.9. The van der Waals surface area contributed by atoms with Crippen LogP contribution in [0.2, 0.25) is 0 Å². The van der Waals surface area contributed by atoms with E-state index in [0.717, 1.165) is 12.1 Å². The number of ether oxygens (including phenoxy) is 1. The Labute approximate surface area is 112 Å². The number of benzene rings is 1. The summed E-state index contributed by atoms with van der Waals surface area (Å²) in [5.74, 6) is -2.05. The highest BCUT2D eigenvalue weighted by Crippen LogP contribution is 2.26. The molecule has 0 radical (unpaired) electrons. The number of hydrogen-bond donors (Lipinski definition) is 1. The first kappa shape index (κ1) is 15.6. The van der Waals surface area contributed by atoms with Gasteiger partial charge in [-0.3, -0.25) is 5.32 Å². The average molecular weight is 271 g/mol. The Kier molecular flexibility index (Phi) is 5.00. The molecule has 1 aromatic carbocycles. The van der Waals surface area contributed by atoms with Gasteiger partial charge in [0.05, 0.1) is 6.61 Å². The molecule has 0 saturated heterocycles. The number of carbonyl (C=O) groups is 1. The first-order valence-electron chi connectivity index (χ1n) is 6.21. The molecule has 0 aliphatic rings. The van der Waals surface area contributed by atoms with Crippen molar-refractivity contribution in [2.75, 3.05) is 6.61 Å². The highest BCUT2D eigenvalue weighted by molar-refractivity contribution is 5.82. The molecule has 1 rings (SSSR count). The minimum atomic E-state index is -1.35. The fourth-order valence-electron chi connectivity index (χ4n) is 1.99. The lowest BCUT2D eigenvalue weighted by atomic mass is 9.90. The van der Waals surface area contributed by atoms with Crippen molar-refractivity contribution in [1.82, 2.24) is 5.32 Å². The summed E-state index contributed by atoms with van der Waals surface area (Å²) in [5, 5.41) is 2.98. The Bertz CT molecular complexity index is 463. The zero-order valence-corrected chi connectivity index (χ0v) is 11.6. The van der Waals surface area contributed by atoms with E-state index < -0.39 is 23.1 Å². The standard InChI is InChI=1S/C14H19F2NO2/c1-5-19-13(18)14(4,17-9(2)3)11-7-6-10(15)8-12(11)16/h6-9,17H,5H2,1-4H3. The van der Waals surface area contributed by atoms with E-state index in [1.165, 1.54) is 13.0 Å². The molecule has 0 amide bonds. The van der Waals surface area contributed by atoms with Crippen LogP contribution in [0.3, 0.4) is 0 Å². The molecule has 1 unspecified atom stereocenters. The molecule has 3 nitrogen and oxygen atoms in total. The van der Waals surface area contributed by atoms with E-state index in [-0.39, 0.29) is 18.2 Å². The van der Waals surface area contributed by atoms with Crippen LogP contribution in [-0.2, 0) is 15.1 Å². The van der Waals surface area contributed by atoms with Crippen LogP contribution in [0, 0.1) is 11.6 Å². The lowest BCUT2D eigenvalue weighted by Crippen LogP contribution is -2.51. The van der Waals surface area contributed by atoms with Crippen molar-refractivity contribution in [3.05, 3.63) is 35.4 Å². The molecule has 0 bridgehead atoms. The molecule has 0 aromatic heterocycles. The smallest absolute Gasteiger partial charge is 0.330 e. The first-order chi connectivity index (χ1) is 8.81. The van der Waals surface area contributed by atoms with Crippen molar-refractivity contribution in [1.29, 1.82) is 0 Å². The predicted octanol–water partition coefficient (Wildman–Crippen LogP) is 2.74. The Morgan fingerprint density at radius 1 is 1.42 bits per heavy atom. The Hall–Kier alpha value is -1.49. The van der Waals surface area contributed by atoms with Crippen molar-refractivity contribution < 1.29 is 18.3 Å². The van der Waals surface area contributed by atoms with Gasteiger partial charge in [-0.05, 0) is 33.8 Å². The molecule has 106 valence electrons. The van der Waals surface area contributed by atoms with Gasteiger partial charge in [0.25, 0.3) is 0 Å². The van der Waals surface area contributed by atoms with Gasteiger partial charge in [0.15, 0.2) is 0 Å². The molecule has 1 aromatic rings. The molecule has 1 N–H and O–H groups in total. The summed E-state index contributed by atoms with van der Waals surface area (Å²) < 4.78 is 31.9. The summed E-state index contributed by atoms with van der Waals surface area (Å²) >= 11 is 0. The Morgan fingerprint density at radius 2 is 2.05 bits per heavy atom. The normalized spacial score (nSPS) is 14.3. The maximum absolute atomic E-state index is 13.9. The van der Waals surface area contributed by atoms with Crippen LogP contribution in [0.5, 0.6) is 0 Å². The molecule has 0 aliphatic carbocycles. The number of nitrogens with one attached hydrogen (secondary N) is 1. The number of esters is 1. The zero-order valence-electron chi connectivity index (χ0n) is 11.6. The Morgan fingerprint density at radius 3 is 2.53 bits per heavy atom. The van der Waals surface area contributed by atoms with Crippen molar-refractivity contribution in [2.45, 2.75) is 39.3 Å². The average Bonchev–Trinajstić information content (AvgIpc) is 2.27. The largest absolute Gasteiger partial charge is 0.464 e. The number of halogens is 2. The third-order valence-electron chi connectivity index (χ3n) is 2.73. The van der Waals surface area contributed by atoms with Gasteiger partial charge in [0, 0.05) is 17.7 Å². The fourth-order valence-corrected chi connectivity index (χ4v) is 1.99. The summed E-state index contributed by atoms with van der Waals surface area (Å²) in [6, 6.07) is 3.07. The topological polar surface area (TPSA) is 38.3 Å². The SMILES string of the molecule is CCOC(=O)C(C)(NC(C)C)c1ccc(F)cc1F. The van der Waals surface area contributed by atoms with Crippen LogP contribution in [0.1, 0.15) is 33.3 Å². The number of hydrogen-bond acceptors (Lipinski definition) is 3. The summed E-state index contributed by atoms with van der Waals surface area (Å²) in [7, 11) is 0. The monoisotopic (exact) mass is 271 g/mol. The second-order valence-electron chi connectivity index (χ2n) is 4.77. The second-order valence-corrected chi connectivity index (χ2v) is 4.77. The van der Waals surface area contributed by atoms with Crippen molar-refractivity contribution in [3.8, 4) is 0 Å². The van der Waals surface area contributed by atoms with Gasteiger partial charge < -0.3 is 4.74 Å². The van der Waals surface area contributed by atoms with Crippen LogP contribution in [0.4, 0.5) is 8.78 Å². The highest BCUT2D eigenvalue weighted by atomic mass is 19.1. The van der Waals surface area contributed by atoms with Crippen LogP contribution >= 0.6 is 0 Å². The summed E-state index contributed by atoms with van der Waals surface area (Å²) in [4.78, 5) is 12.1. The second kappa shape index (κ2) is 6.10. The molecule has 0 saturated carbocycles. The molecular weight excluding hydrogens is 252 g/mol. The van der Waals surface area contributed by atoms with Crippen molar-refractivity contribution >= 4 is 5.97 Å². The lowest BCUT2D eigenvalue weighted by molar-refractivity contribution is -0.151. The van der Waals surface area contributed by atoms with Crippen LogP contribution < -0.4 is 5.32 Å². The number of rotatable bonds is 5. The first-order valence-corrected chi connectivity index (χ1v) is 6.21.